The Kier molecular flexibility index (Phi) is 4.69. The van der Waals surface area contributed by atoms with Gasteiger partial charge in [-0.25, -0.2) is 13.1 Å². The van der Waals surface area contributed by atoms with Gasteiger partial charge in [0.05, 0.1) is 4.90 Å². The van der Waals surface area contributed by atoms with Crippen LogP contribution in [-0.4, -0.2) is 14.5 Å². The van der Waals surface area contributed by atoms with Crippen molar-refractivity contribution in [1.82, 2.24) is 4.72 Å². The molecule has 0 saturated heterocycles. The van der Waals surface area contributed by atoms with Crippen molar-refractivity contribution in [1.29, 1.82) is 0 Å². The Labute approximate surface area is 124 Å². The van der Waals surface area contributed by atoms with E-state index in [-0.39, 0.29) is 6.04 Å². The van der Waals surface area contributed by atoms with Crippen molar-refractivity contribution in [2.45, 2.75) is 44.0 Å². The lowest BCUT2D eigenvalue weighted by molar-refractivity contribution is 0.227. The molecule has 0 aromatic heterocycles. The first-order chi connectivity index (χ1) is 8.90. The van der Waals surface area contributed by atoms with Gasteiger partial charge in [-0.05, 0) is 42.5 Å². The maximum Gasteiger partial charge on any atom is 0.240 e. The Morgan fingerprint density at radius 1 is 1.16 bits per heavy atom. The largest absolute Gasteiger partial charge is 0.240 e. The number of halogens is 1. The lowest BCUT2D eigenvalue weighted by atomic mass is 9.78. The first-order valence-corrected chi connectivity index (χ1v) is 8.95. The summed E-state index contributed by atoms with van der Waals surface area (Å²) in [5, 5.41) is 0. The second-order valence-electron chi connectivity index (χ2n) is 5.45. The minimum Gasteiger partial charge on any atom is -0.208 e. The number of rotatable bonds is 3. The molecule has 0 heterocycles. The zero-order valence-corrected chi connectivity index (χ0v) is 13.7. The lowest BCUT2D eigenvalue weighted by Crippen LogP contribution is -2.43. The van der Waals surface area contributed by atoms with Crippen LogP contribution in [-0.2, 0) is 10.0 Å². The van der Waals surface area contributed by atoms with Gasteiger partial charge in [0, 0.05) is 10.5 Å². The van der Waals surface area contributed by atoms with E-state index in [2.05, 4.69) is 34.5 Å². The maximum atomic E-state index is 12.3. The summed E-state index contributed by atoms with van der Waals surface area (Å²) in [5.74, 6) is 0.963. The summed E-state index contributed by atoms with van der Waals surface area (Å²) >= 11 is 3.31. The van der Waals surface area contributed by atoms with Gasteiger partial charge in [0.1, 0.15) is 0 Å². The van der Waals surface area contributed by atoms with Gasteiger partial charge in [0.2, 0.25) is 10.0 Å². The molecule has 0 spiro atoms. The predicted octanol–water partition coefficient (Wildman–Crippen LogP) is 3.55. The van der Waals surface area contributed by atoms with Crippen molar-refractivity contribution in [3.8, 4) is 0 Å². The van der Waals surface area contributed by atoms with E-state index in [0.29, 0.717) is 16.7 Å². The van der Waals surface area contributed by atoms with Crippen LogP contribution in [0, 0.1) is 11.8 Å². The van der Waals surface area contributed by atoms with Gasteiger partial charge < -0.3 is 0 Å². The van der Waals surface area contributed by atoms with Crippen LogP contribution in [0.15, 0.2) is 33.6 Å². The Morgan fingerprint density at radius 2 is 1.79 bits per heavy atom. The molecule has 2 rings (SSSR count). The van der Waals surface area contributed by atoms with Crippen molar-refractivity contribution in [2.24, 2.45) is 11.8 Å². The van der Waals surface area contributed by atoms with Gasteiger partial charge >= 0.3 is 0 Å². The highest BCUT2D eigenvalue weighted by atomic mass is 79.9. The molecule has 1 N–H and O–H groups in total. The smallest absolute Gasteiger partial charge is 0.208 e. The lowest BCUT2D eigenvalue weighted by Gasteiger charge is -2.34. The first-order valence-electron chi connectivity index (χ1n) is 6.68. The second-order valence-corrected chi connectivity index (χ2v) is 8.08. The molecule has 1 aromatic carbocycles. The third-order valence-electron chi connectivity index (χ3n) is 4.14. The third-order valence-corrected chi connectivity index (χ3v) is 6.17. The van der Waals surface area contributed by atoms with Crippen molar-refractivity contribution >= 4 is 26.0 Å². The highest BCUT2D eigenvalue weighted by molar-refractivity contribution is 9.10. The van der Waals surface area contributed by atoms with E-state index in [1.54, 1.807) is 24.3 Å². The molecule has 1 saturated carbocycles. The van der Waals surface area contributed by atoms with E-state index in [0.717, 1.165) is 17.3 Å². The molecule has 0 aliphatic heterocycles. The van der Waals surface area contributed by atoms with Crippen LogP contribution in [0.4, 0.5) is 0 Å². The summed E-state index contributed by atoms with van der Waals surface area (Å²) in [4.78, 5) is 0.334. The fourth-order valence-electron chi connectivity index (χ4n) is 2.63. The van der Waals surface area contributed by atoms with Crippen LogP contribution in [0.1, 0.15) is 33.1 Å². The summed E-state index contributed by atoms with van der Waals surface area (Å²) in [6, 6.07) is 6.81. The zero-order chi connectivity index (χ0) is 14.0. The van der Waals surface area contributed by atoms with Gasteiger partial charge in [-0.3, -0.25) is 0 Å². The molecule has 3 nitrogen and oxygen atoms in total. The minimum absolute atomic E-state index is 0.0531. The molecular weight excluding hydrogens is 326 g/mol. The quantitative estimate of drug-likeness (QED) is 0.910. The molecule has 5 heteroatoms. The average molecular weight is 346 g/mol. The van der Waals surface area contributed by atoms with Crippen LogP contribution >= 0.6 is 15.9 Å². The molecule has 0 unspecified atom stereocenters. The third kappa shape index (κ3) is 3.58. The standard InChI is InChI=1S/C14H20BrNO2S/c1-10-4-3-5-14(11(10)2)16-19(17,18)13-8-6-12(15)7-9-13/h6-11,14,16H,3-5H2,1-2H3/t10-,11+,14-/m0/s1. The molecule has 106 valence electrons. The topological polar surface area (TPSA) is 46.2 Å². The molecule has 3 atom stereocenters. The summed E-state index contributed by atoms with van der Waals surface area (Å²) < 4.78 is 28.4. The zero-order valence-electron chi connectivity index (χ0n) is 11.3. The molecule has 19 heavy (non-hydrogen) atoms. The Bertz CT molecular complexity index is 527. The summed E-state index contributed by atoms with van der Waals surface area (Å²) in [7, 11) is -3.40. The number of nitrogens with one attached hydrogen (secondary N) is 1. The molecule has 1 aliphatic rings. The predicted molar refractivity (Wildman–Crippen MR) is 80.4 cm³/mol. The summed E-state index contributed by atoms with van der Waals surface area (Å²) in [6.45, 7) is 4.34. The monoisotopic (exact) mass is 345 g/mol. The number of sulfonamides is 1. The van der Waals surface area contributed by atoms with Crippen LogP contribution in [0.3, 0.4) is 0 Å². The summed E-state index contributed by atoms with van der Waals surface area (Å²) in [6.07, 6.45) is 3.22. The highest BCUT2D eigenvalue weighted by Gasteiger charge is 2.30. The van der Waals surface area contributed by atoms with Gasteiger partial charge in [0.15, 0.2) is 0 Å². The second kappa shape index (κ2) is 5.94. The summed E-state index contributed by atoms with van der Waals surface area (Å²) in [5.41, 5.74) is 0. The van der Waals surface area contributed by atoms with Crippen molar-refractivity contribution < 1.29 is 8.42 Å². The van der Waals surface area contributed by atoms with Crippen LogP contribution in [0.25, 0.3) is 0 Å². The maximum absolute atomic E-state index is 12.3. The number of hydrogen-bond acceptors (Lipinski definition) is 2. The fourth-order valence-corrected chi connectivity index (χ4v) is 4.26. The van der Waals surface area contributed by atoms with Crippen molar-refractivity contribution in [3.05, 3.63) is 28.7 Å². The molecule has 1 fully saturated rings. The van der Waals surface area contributed by atoms with E-state index >= 15 is 0 Å². The van der Waals surface area contributed by atoms with Gasteiger partial charge in [-0.15, -0.1) is 0 Å². The highest BCUT2D eigenvalue weighted by Crippen LogP contribution is 2.30. The normalized spacial score (nSPS) is 28.3. The van der Waals surface area contributed by atoms with E-state index in [1.807, 2.05) is 0 Å². The Balaban J connectivity index is 2.15. The molecule has 0 radical (unpaired) electrons. The molecule has 1 aliphatic carbocycles. The van der Waals surface area contributed by atoms with Crippen LogP contribution in [0.2, 0.25) is 0 Å². The SMILES string of the molecule is C[C@H]1[C@@H](NS(=O)(=O)c2ccc(Br)cc2)CCC[C@@H]1C. The first kappa shape index (κ1) is 15.0. The van der Waals surface area contributed by atoms with Crippen LogP contribution < -0.4 is 4.72 Å². The number of benzene rings is 1. The molecule has 0 bridgehead atoms. The van der Waals surface area contributed by atoms with Gasteiger partial charge in [-0.2, -0.15) is 0 Å². The minimum atomic E-state index is -3.40. The van der Waals surface area contributed by atoms with E-state index in [4.69, 9.17) is 0 Å². The fraction of sp³-hybridized carbons (Fsp3) is 0.571. The van der Waals surface area contributed by atoms with Crippen molar-refractivity contribution in [2.75, 3.05) is 0 Å². The number of hydrogen-bond donors (Lipinski definition) is 1. The Morgan fingerprint density at radius 3 is 2.42 bits per heavy atom. The van der Waals surface area contributed by atoms with Crippen LogP contribution in [0.5, 0.6) is 0 Å². The molecular formula is C14H20BrNO2S. The average Bonchev–Trinajstić information content (AvgIpc) is 2.35. The van der Waals surface area contributed by atoms with Gasteiger partial charge in [-0.1, -0.05) is 42.6 Å². The van der Waals surface area contributed by atoms with E-state index in [9.17, 15) is 8.42 Å². The Hall–Kier alpha value is -0.390. The molecule has 1 aromatic rings. The van der Waals surface area contributed by atoms with Crippen molar-refractivity contribution in [3.63, 3.8) is 0 Å². The molecule has 0 amide bonds. The van der Waals surface area contributed by atoms with E-state index in [1.165, 1.54) is 6.42 Å². The van der Waals surface area contributed by atoms with E-state index < -0.39 is 10.0 Å². The van der Waals surface area contributed by atoms with Gasteiger partial charge in [0.25, 0.3) is 0 Å².